The zero-order valence-electron chi connectivity index (χ0n) is 15.2. The Morgan fingerprint density at radius 3 is 2.64 bits per heavy atom. The van der Waals surface area contributed by atoms with E-state index in [0.717, 1.165) is 16.5 Å². The highest BCUT2D eigenvalue weighted by Gasteiger charge is 2.20. The maximum Gasteiger partial charge on any atom is 0.354 e. The molecule has 0 aliphatic carbocycles. The summed E-state index contributed by atoms with van der Waals surface area (Å²) >= 11 is 0. The van der Waals surface area contributed by atoms with Crippen molar-refractivity contribution in [3.05, 3.63) is 65.6 Å². The second-order valence-corrected chi connectivity index (χ2v) is 7.22. The average Bonchev–Trinajstić information content (AvgIpc) is 2.93. The molecule has 0 unspecified atom stereocenters. The molecule has 0 N–H and O–H groups in total. The predicted molar refractivity (Wildman–Crippen MR) is 99.9 cm³/mol. The molecular formula is C21H24N2O2. The van der Waals surface area contributed by atoms with E-state index in [1.807, 2.05) is 35.9 Å². The molecular weight excluding hydrogens is 312 g/mol. The number of ether oxygens (including phenoxy) is 1. The van der Waals surface area contributed by atoms with Gasteiger partial charge >= 0.3 is 5.97 Å². The van der Waals surface area contributed by atoms with E-state index >= 15 is 0 Å². The summed E-state index contributed by atoms with van der Waals surface area (Å²) in [5, 5.41) is 1.05. The maximum absolute atomic E-state index is 12.4. The van der Waals surface area contributed by atoms with Crippen molar-refractivity contribution in [1.82, 2.24) is 9.55 Å². The third-order valence-electron chi connectivity index (χ3n) is 4.32. The van der Waals surface area contributed by atoms with E-state index in [-0.39, 0.29) is 11.4 Å². The lowest BCUT2D eigenvalue weighted by Gasteiger charge is -2.19. The molecule has 130 valence electrons. The fourth-order valence-electron chi connectivity index (χ4n) is 2.96. The minimum absolute atomic E-state index is 0.0593. The number of rotatable bonds is 4. The van der Waals surface area contributed by atoms with Crippen LogP contribution in [0.5, 0.6) is 0 Å². The van der Waals surface area contributed by atoms with Crippen LogP contribution in [-0.4, -0.2) is 22.1 Å². The van der Waals surface area contributed by atoms with Crippen molar-refractivity contribution < 1.29 is 9.53 Å². The molecule has 2 aromatic heterocycles. The van der Waals surface area contributed by atoms with E-state index in [2.05, 4.69) is 44.0 Å². The first kappa shape index (κ1) is 17.2. The van der Waals surface area contributed by atoms with Crippen LogP contribution in [0.3, 0.4) is 0 Å². The van der Waals surface area contributed by atoms with Gasteiger partial charge in [-0.2, -0.15) is 0 Å². The van der Waals surface area contributed by atoms with Crippen molar-refractivity contribution in [3.63, 3.8) is 0 Å². The molecule has 0 saturated heterocycles. The van der Waals surface area contributed by atoms with E-state index in [0.29, 0.717) is 18.8 Å². The number of carbonyl (C=O) groups excluding carboxylic acids is 1. The largest absolute Gasteiger partial charge is 0.461 e. The Labute approximate surface area is 148 Å². The zero-order valence-corrected chi connectivity index (χ0v) is 15.2. The van der Waals surface area contributed by atoms with Crippen molar-refractivity contribution in [2.24, 2.45) is 0 Å². The van der Waals surface area contributed by atoms with Gasteiger partial charge in [-0.3, -0.25) is 4.98 Å². The molecule has 25 heavy (non-hydrogen) atoms. The van der Waals surface area contributed by atoms with Crippen LogP contribution < -0.4 is 0 Å². The number of hydrogen-bond donors (Lipinski definition) is 0. The zero-order chi connectivity index (χ0) is 18.0. The molecule has 0 fully saturated rings. The van der Waals surface area contributed by atoms with Crippen LogP contribution in [0, 0.1) is 0 Å². The fraction of sp³-hybridized carbons (Fsp3) is 0.333. The van der Waals surface area contributed by atoms with E-state index in [1.54, 1.807) is 6.20 Å². The highest BCUT2D eigenvalue weighted by Crippen LogP contribution is 2.29. The first-order valence-electron chi connectivity index (χ1n) is 8.60. The van der Waals surface area contributed by atoms with Gasteiger partial charge in [-0.05, 0) is 47.7 Å². The summed E-state index contributed by atoms with van der Waals surface area (Å²) in [7, 11) is 0. The van der Waals surface area contributed by atoms with Gasteiger partial charge in [-0.15, -0.1) is 0 Å². The molecule has 0 radical (unpaired) electrons. The smallest absolute Gasteiger partial charge is 0.354 e. The number of pyridine rings is 1. The summed E-state index contributed by atoms with van der Waals surface area (Å²) in [5.74, 6) is -0.292. The molecule has 3 rings (SSSR count). The van der Waals surface area contributed by atoms with E-state index in [1.165, 1.54) is 5.56 Å². The molecule has 0 saturated carbocycles. The first-order valence-corrected chi connectivity index (χ1v) is 8.60. The normalized spacial score (nSPS) is 11.7. The molecule has 0 atom stereocenters. The first-order chi connectivity index (χ1) is 11.9. The van der Waals surface area contributed by atoms with E-state index in [4.69, 9.17) is 4.74 Å². The van der Waals surface area contributed by atoms with Gasteiger partial charge in [0.15, 0.2) is 0 Å². The number of aromatic nitrogens is 2. The second-order valence-electron chi connectivity index (χ2n) is 7.22. The number of benzene rings is 1. The average molecular weight is 336 g/mol. The highest BCUT2D eigenvalue weighted by molar-refractivity contribution is 5.96. The van der Waals surface area contributed by atoms with E-state index in [9.17, 15) is 4.79 Å². The third kappa shape index (κ3) is 3.58. The molecule has 1 aromatic carbocycles. The minimum atomic E-state index is -0.292. The number of esters is 1. The monoisotopic (exact) mass is 336 g/mol. The summed E-state index contributed by atoms with van der Waals surface area (Å²) in [6.45, 7) is 9.33. The van der Waals surface area contributed by atoms with Gasteiger partial charge in [-0.1, -0.05) is 32.9 Å². The molecule has 0 spiro atoms. The van der Waals surface area contributed by atoms with Crippen molar-refractivity contribution in [3.8, 4) is 0 Å². The lowest BCUT2D eigenvalue weighted by molar-refractivity contribution is 0.0515. The molecule has 0 aliphatic heterocycles. The van der Waals surface area contributed by atoms with Crippen LogP contribution >= 0.6 is 0 Å². The fourth-order valence-corrected chi connectivity index (χ4v) is 2.96. The Morgan fingerprint density at radius 2 is 2.00 bits per heavy atom. The minimum Gasteiger partial charge on any atom is -0.461 e. The number of nitrogens with zero attached hydrogens (tertiary/aromatic N) is 2. The summed E-state index contributed by atoms with van der Waals surface area (Å²) < 4.78 is 7.27. The number of fused-ring (bicyclic) bond motifs is 1. The molecule has 0 amide bonds. The lowest BCUT2D eigenvalue weighted by Crippen LogP contribution is -2.13. The summed E-state index contributed by atoms with van der Waals surface area (Å²) in [5.41, 5.74) is 3.95. The number of carbonyl (C=O) groups is 1. The molecule has 0 bridgehead atoms. The van der Waals surface area contributed by atoms with Crippen LogP contribution in [-0.2, 0) is 16.7 Å². The van der Waals surface area contributed by atoms with Crippen molar-refractivity contribution in [2.75, 3.05) is 6.61 Å². The van der Waals surface area contributed by atoms with E-state index < -0.39 is 0 Å². The predicted octanol–water partition coefficient (Wildman–Crippen LogP) is 4.56. The van der Waals surface area contributed by atoms with Crippen LogP contribution in [0.2, 0.25) is 0 Å². The van der Waals surface area contributed by atoms with Gasteiger partial charge in [0.25, 0.3) is 0 Å². The van der Waals surface area contributed by atoms with Gasteiger partial charge < -0.3 is 9.30 Å². The van der Waals surface area contributed by atoms with Gasteiger partial charge in [0.05, 0.1) is 6.61 Å². The van der Waals surface area contributed by atoms with Gasteiger partial charge in [0.2, 0.25) is 0 Å². The van der Waals surface area contributed by atoms with Gasteiger partial charge in [-0.25, -0.2) is 4.79 Å². The quantitative estimate of drug-likeness (QED) is 0.656. The molecule has 0 aliphatic rings. The Hall–Kier alpha value is -2.62. The Bertz CT molecular complexity index is 889. The van der Waals surface area contributed by atoms with Crippen molar-refractivity contribution >= 4 is 16.9 Å². The van der Waals surface area contributed by atoms with Crippen LogP contribution in [0.15, 0.2) is 48.8 Å². The third-order valence-corrected chi connectivity index (χ3v) is 4.32. The summed E-state index contributed by atoms with van der Waals surface area (Å²) in [6.07, 6.45) is 3.57. The number of hydrogen-bond acceptors (Lipinski definition) is 3. The van der Waals surface area contributed by atoms with Crippen LogP contribution in [0.4, 0.5) is 0 Å². The Kier molecular flexibility index (Phi) is 4.62. The van der Waals surface area contributed by atoms with Crippen LogP contribution in [0.25, 0.3) is 10.9 Å². The molecule has 4 nitrogen and oxygen atoms in total. The Morgan fingerprint density at radius 1 is 1.20 bits per heavy atom. The Balaban J connectivity index is 2.13. The van der Waals surface area contributed by atoms with Crippen LogP contribution in [0.1, 0.15) is 49.3 Å². The standard InChI is InChI=1S/C21H24N2O2/c1-5-25-20(24)19-12-16-11-17(21(2,3)4)8-9-18(16)23(19)14-15-7-6-10-22-13-15/h6-13H,5,14H2,1-4H3. The topological polar surface area (TPSA) is 44.1 Å². The lowest BCUT2D eigenvalue weighted by atomic mass is 9.86. The highest BCUT2D eigenvalue weighted by atomic mass is 16.5. The maximum atomic E-state index is 12.4. The van der Waals surface area contributed by atoms with Gasteiger partial charge in [0, 0.05) is 29.8 Å². The molecule has 3 aromatic rings. The molecule has 2 heterocycles. The SMILES string of the molecule is CCOC(=O)c1cc2cc(C(C)(C)C)ccc2n1Cc1cccnc1. The van der Waals surface area contributed by atoms with Crippen molar-refractivity contribution in [1.29, 1.82) is 0 Å². The van der Waals surface area contributed by atoms with Crippen molar-refractivity contribution in [2.45, 2.75) is 39.7 Å². The second kappa shape index (κ2) is 6.71. The molecule has 4 heteroatoms. The van der Waals surface area contributed by atoms with Gasteiger partial charge in [0.1, 0.15) is 5.69 Å². The summed E-state index contributed by atoms with van der Waals surface area (Å²) in [6, 6.07) is 12.2. The summed E-state index contributed by atoms with van der Waals surface area (Å²) in [4.78, 5) is 16.6.